The van der Waals surface area contributed by atoms with Crippen LogP contribution in [0.25, 0.3) is 0 Å². The Hall–Kier alpha value is -2.70. The molecule has 2 amide bonds. The minimum Gasteiger partial charge on any atom is -0.336 e. The molecule has 1 fully saturated rings. The van der Waals surface area contributed by atoms with Crippen LogP contribution >= 0.6 is 0 Å². The summed E-state index contributed by atoms with van der Waals surface area (Å²) >= 11 is 0. The Morgan fingerprint density at radius 1 is 1.31 bits per heavy atom. The van der Waals surface area contributed by atoms with Gasteiger partial charge < -0.3 is 10.2 Å². The van der Waals surface area contributed by atoms with Gasteiger partial charge in [0.15, 0.2) is 5.69 Å². The van der Waals surface area contributed by atoms with Gasteiger partial charge in [-0.05, 0) is 18.9 Å². The molecule has 1 N–H and O–H groups in total. The number of benzene rings is 1. The fourth-order valence-corrected chi connectivity index (χ4v) is 3.25. The van der Waals surface area contributed by atoms with E-state index in [9.17, 15) is 14.0 Å². The molecule has 1 aromatic heterocycles. The van der Waals surface area contributed by atoms with Crippen LogP contribution in [-0.2, 0) is 18.4 Å². The molecule has 2 aromatic rings. The number of hydrogen-bond acceptors (Lipinski definition) is 3. The third kappa shape index (κ3) is 3.92. The minimum atomic E-state index is -0.349. The van der Waals surface area contributed by atoms with Gasteiger partial charge in [0.05, 0.1) is 0 Å². The van der Waals surface area contributed by atoms with Gasteiger partial charge in [-0.15, -0.1) is 0 Å². The van der Waals surface area contributed by atoms with E-state index in [2.05, 4.69) is 10.4 Å². The Balaban J connectivity index is 1.68. The number of nitrogens with one attached hydrogen (secondary N) is 1. The molecule has 0 bridgehead atoms. The van der Waals surface area contributed by atoms with E-state index in [-0.39, 0.29) is 35.8 Å². The molecular weight excluding hydrogens is 335 g/mol. The second-order valence-electron chi connectivity index (χ2n) is 6.76. The van der Waals surface area contributed by atoms with Gasteiger partial charge in [-0.3, -0.25) is 14.3 Å². The van der Waals surface area contributed by atoms with Crippen LogP contribution in [0.15, 0.2) is 30.3 Å². The van der Waals surface area contributed by atoms with Gasteiger partial charge in [0, 0.05) is 38.2 Å². The lowest BCUT2D eigenvalue weighted by Crippen LogP contribution is -2.27. The molecule has 3 rings (SSSR count). The normalized spacial score (nSPS) is 14.4. The largest absolute Gasteiger partial charge is 0.336 e. The molecule has 0 aliphatic heterocycles. The zero-order valence-electron chi connectivity index (χ0n) is 15.0. The molecule has 1 aliphatic rings. The van der Waals surface area contributed by atoms with Crippen molar-refractivity contribution >= 4 is 17.6 Å². The SMILES string of the molecule is CN(Cc1ccccc1F)C(=O)c1cc(NC(=O)C2CCCC2)n(C)n1. The second-order valence-corrected chi connectivity index (χ2v) is 6.76. The maximum absolute atomic E-state index is 13.8. The van der Waals surface area contributed by atoms with Crippen molar-refractivity contribution in [2.24, 2.45) is 13.0 Å². The Labute approximate surface area is 152 Å². The number of halogens is 1. The van der Waals surface area contributed by atoms with Crippen molar-refractivity contribution < 1.29 is 14.0 Å². The molecule has 0 spiro atoms. The van der Waals surface area contributed by atoms with E-state index < -0.39 is 0 Å². The lowest BCUT2D eigenvalue weighted by molar-refractivity contribution is -0.119. The van der Waals surface area contributed by atoms with E-state index in [1.54, 1.807) is 38.4 Å². The summed E-state index contributed by atoms with van der Waals surface area (Å²) in [4.78, 5) is 26.3. The number of carbonyl (C=O) groups is 2. The Morgan fingerprint density at radius 3 is 2.69 bits per heavy atom. The molecule has 1 aromatic carbocycles. The van der Waals surface area contributed by atoms with Crippen LogP contribution in [0.4, 0.5) is 10.2 Å². The summed E-state index contributed by atoms with van der Waals surface area (Å²) in [5, 5.41) is 7.05. The zero-order valence-corrected chi connectivity index (χ0v) is 15.0. The summed E-state index contributed by atoms with van der Waals surface area (Å²) in [6.45, 7) is 0.145. The number of aromatic nitrogens is 2. The van der Waals surface area contributed by atoms with E-state index in [1.807, 2.05) is 0 Å². The zero-order chi connectivity index (χ0) is 18.7. The van der Waals surface area contributed by atoms with E-state index >= 15 is 0 Å². The fourth-order valence-electron chi connectivity index (χ4n) is 3.25. The molecule has 6 nitrogen and oxygen atoms in total. The molecule has 0 saturated heterocycles. The van der Waals surface area contributed by atoms with E-state index in [4.69, 9.17) is 0 Å². The molecule has 0 unspecified atom stereocenters. The smallest absolute Gasteiger partial charge is 0.274 e. The van der Waals surface area contributed by atoms with Gasteiger partial charge in [0.25, 0.3) is 5.91 Å². The predicted octanol–water partition coefficient (Wildman–Crippen LogP) is 2.96. The lowest BCUT2D eigenvalue weighted by atomic mass is 10.1. The van der Waals surface area contributed by atoms with Crippen molar-refractivity contribution in [3.05, 3.63) is 47.4 Å². The number of nitrogens with zero attached hydrogens (tertiary/aromatic N) is 3. The summed E-state index contributed by atoms with van der Waals surface area (Å²) in [5.74, 6) is -0.176. The van der Waals surface area contributed by atoms with E-state index in [0.29, 0.717) is 11.4 Å². The van der Waals surface area contributed by atoms with Gasteiger partial charge in [0.2, 0.25) is 5.91 Å². The van der Waals surface area contributed by atoms with Crippen molar-refractivity contribution in [2.45, 2.75) is 32.2 Å². The Kier molecular flexibility index (Phi) is 5.35. The number of anilines is 1. The molecule has 1 aliphatic carbocycles. The van der Waals surface area contributed by atoms with E-state index in [1.165, 1.54) is 15.6 Å². The third-order valence-electron chi connectivity index (χ3n) is 4.79. The standard InChI is InChI=1S/C19H23FN4O2/c1-23(12-14-9-5-6-10-15(14)20)19(26)16-11-17(24(2)22-16)21-18(25)13-7-3-4-8-13/h5-6,9-11,13H,3-4,7-8,12H2,1-2H3,(H,21,25). The first-order chi connectivity index (χ1) is 12.5. The van der Waals surface area contributed by atoms with Gasteiger partial charge in [-0.2, -0.15) is 5.10 Å². The van der Waals surface area contributed by atoms with Crippen molar-refractivity contribution in [1.29, 1.82) is 0 Å². The molecular formula is C19H23FN4O2. The average Bonchev–Trinajstić information content (AvgIpc) is 3.27. The molecule has 26 heavy (non-hydrogen) atoms. The van der Waals surface area contributed by atoms with Crippen LogP contribution in [0.1, 0.15) is 41.7 Å². The van der Waals surface area contributed by atoms with Gasteiger partial charge in [-0.25, -0.2) is 4.39 Å². The summed E-state index contributed by atoms with van der Waals surface area (Å²) in [6, 6.07) is 7.91. The third-order valence-corrected chi connectivity index (χ3v) is 4.79. The first-order valence-electron chi connectivity index (χ1n) is 8.79. The van der Waals surface area contributed by atoms with Crippen molar-refractivity contribution in [3.63, 3.8) is 0 Å². The van der Waals surface area contributed by atoms with Gasteiger partial charge in [-0.1, -0.05) is 31.0 Å². The molecule has 1 saturated carbocycles. The molecule has 0 atom stereocenters. The van der Waals surface area contributed by atoms with E-state index in [0.717, 1.165) is 25.7 Å². The molecule has 1 heterocycles. The van der Waals surface area contributed by atoms with Crippen molar-refractivity contribution in [3.8, 4) is 0 Å². The van der Waals surface area contributed by atoms with Crippen molar-refractivity contribution in [2.75, 3.05) is 12.4 Å². The quantitative estimate of drug-likeness (QED) is 0.894. The van der Waals surface area contributed by atoms with Crippen molar-refractivity contribution in [1.82, 2.24) is 14.7 Å². The topological polar surface area (TPSA) is 67.2 Å². The van der Waals surface area contributed by atoms with Gasteiger partial charge in [0.1, 0.15) is 11.6 Å². The highest BCUT2D eigenvalue weighted by Gasteiger charge is 2.24. The molecule has 0 radical (unpaired) electrons. The highest BCUT2D eigenvalue weighted by atomic mass is 19.1. The number of aryl methyl sites for hydroxylation is 1. The van der Waals surface area contributed by atoms with Crippen LogP contribution in [0.3, 0.4) is 0 Å². The first kappa shape index (κ1) is 18.1. The van der Waals surface area contributed by atoms with Crippen LogP contribution < -0.4 is 5.32 Å². The fraction of sp³-hybridized carbons (Fsp3) is 0.421. The van der Waals surface area contributed by atoms with Crippen LogP contribution in [-0.4, -0.2) is 33.5 Å². The molecule has 7 heteroatoms. The monoisotopic (exact) mass is 358 g/mol. The molecule has 138 valence electrons. The number of rotatable bonds is 5. The van der Waals surface area contributed by atoms with Gasteiger partial charge >= 0.3 is 0 Å². The predicted molar refractivity (Wildman–Crippen MR) is 96.0 cm³/mol. The van der Waals surface area contributed by atoms with Crippen LogP contribution in [0.5, 0.6) is 0 Å². The number of carbonyl (C=O) groups excluding carboxylic acids is 2. The Morgan fingerprint density at radius 2 is 2.00 bits per heavy atom. The maximum Gasteiger partial charge on any atom is 0.274 e. The first-order valence-corrected chi connectivity index (χ1v) is 8.79. The summed E-state index contributed by atoms with van der Waals surface area (Å²) in [6.07, 6.45) is 3.96. The second kappa shape index (κ2) is 7.68. The van der Waals surface area contributed by atoms with Crippen LogP contribution in [0, 0.1) is 11.7 Å². The maximum atomic E-state index is 13.8. The summed E-state index contributed by atoms with van der Waals surface area (Å²) in [5.41, 5.74) is 0.655. The number of hydrogen-bond donors (Lipinski definition) is 1. The highest BCUT2D eigenvalue weighted by Crippen LogP contribution is 2.26. The average molecular weight is 358 g/mol. The lowest BCUT2D eigenvalue weighted by Gasteiger charge is -2.16. The Bertz CT molecular complexity index is 812. The minimum absolute atomic E-state index is 0.0239. The number of amides is 2. The summed E-state index contributed by atoms with van der Waals surface area (Å²) in [7, 11) is 3.28. The van der Waals surface area contributed by atoms with Crippen LogP contribution in [0.2, 0.25) is 0 Å². The summed E-state index contributed by atoms with van der Waals surface area (Å²) < 4.78 is 15.3. The highest BCUT2D eigenvalue weighted by molar-refractivity contribution is 5.96.